The van der Waals surface area contributed by atoms with Crippen LogP contribution in [0.4, 0.5) is 0 Å². The summed E-state index contributed by atoms with van der Waals surface area (Å²) in [5.74, 6) is 0.0542. The van der Waals surface area contributed by atoms with E-state index in [1.54, 1.807) is 11.8 Å². The maximum absolute atomic E-state index is 12.5. The van der Waals surface area contributed by atoms with Gasteiger partial charge in [-0.15, -0.1) is 24.2 Å². The third-order valence-electron chi connectivity index (χ3n) is 3.98. The molecule has 1 saturated heterocycles. The lowest BCUT2D eigenvalue weighted by Crippen LogP contribution is -2.43. The normalized spacial score (nSPS) is 16.9. The number of carbonyl (C=O) groups is 1. The minimum Gasteiger partial charge on any atom is -0.351 e. The number of thioether (sulfide) groups is 1. The molecule has 3 nitrogen and oxygen atoms in total. The highest BCUT2D eigenvalue weighted by molar-refractivity contribution is 8.00. The molecule has 0 atom stereocenters. The van der Waals surface area contributed by atoms with E-state index < -0.39 is 0 Å². The Morgan fingerprint density at radius 1 is 1.32 bits per heavy atom. The molecule has 5 heteroatoms. The van der Waals surface area contributed by atoms with Crippen LogP contribution >= 0.6 is 24.2 Å². The molecule has 1 aromatic carbocycles. The first-order valence-electron chi connectivity index (χ1n) is 7.75. The Balaban J connectivity index is 0.00000242. The lowest BCUT2D eigenvalue weighted by atomic mass is 9.81. The number of hydrogen-bond donors (Lipinski definition) is 2. The predicted molar refractivity (Wildman–Crippen MR) is 97.2 cm³/mol. The molecule has 0 saturated carbocycles. The van der Waals surface area contributed by atoms with Gasteiger partial charge in [0.15, 0.2) is 0 Å². The molecule has 0 aliphatic carbocycles. The molecule has 22 heavy (non-hydrogen) atoms. The number of hydrogen-bond acceptors (Lipinski definition) is 3. The second-order valence-electron chi connectivity index (χ2n) is 6.41. The Morgan fingerprint density at radius 2 is 1.95 bits per heavy atom. The zero-order valence-electron chi connectivity index (χ0n) is 13.6. The van der Waals surface area contributed by atoms with Gasteiger partial charge in [-0.2, -0.15) is 0 Å². The van der Waals surface area contributed by atoms with E-state index in [1.807, 2.05) is 24.3 Å². The molecule has 1 aromatic rings. The number of carbonyl (C=O) groups excluding carboxylic acids is 1. The van der Waals surface area contributed by atoms with Gasteiger partial charge in [0.1, 0.15) is 0 Å². The summed E-state index contributed by atoms with van der Waals surface area (Å²) in [6.07, 6.45) is 2.24. The van der Waals surface area contributed by atoms with Crippen LogP contribution < -0.4 is 10.6 Å². The fraction of sp³-hybridized carbons (Fsp3) is 0.588. The van der Waals surface area contributed by atoms with Crippen LogP contribution in [0.15, 0.2) is 29.2 Å². The van der Waals surface area contributed by atoms with Crippen molar-refractivity contribution in [1.29, 1.82) is 0 Å². The van der Waals surface area contributed by atoms with E-state index in [-0.39, 0.29) is 23.7 Å². The van der Waals surface area contributed by atoms with Gasteiger partial charge in [0.25, 0.3) is 5.91 Å². The topological polar surface area (TPSA) is 41.1 Å². The Kier molecular flexibility index (Phi) is 7.74. The first-order valence-corrected chi connectivity index (χ1v) is 8.63. The van der Waals surface area contributed by atoms with Gasteiger partial charge < -0.3 is 10.6 Å². The van der Waals surface area contributed by atoms with E-state index >= 15 is 0 Å². The van der Waals surface area contributed by atoms with Crippen molar-refractivity contribution >= 4 is 30.1 Å². The Morgan fingerprint density at radius 3 is 2.59 bits per heavy atom. The van der Waals surface area contributed by atoms with Gasteiger partial charge in [0.2, 0.25) is 0 Å². The van der Waals surface area contributed by atoms with Gasteiger partial charge in [-0.1, -0.05) is 32.9 Å². The van der Waals surface area contributed by atoms with Crippen LogP contribution in [0.2, 0.25) is 0 Å². The van der Waals surface area contributed by atoms with Crippen molar-refractivity contribution in [2.45, 2.75) is 43.8 Å². The van der Waals surface area contributed by atoms with Gasteiger partial charge >= 0.3 is 0 Å². The average Bonchev–Trinajstić information content (AvgIpc) is 2.46. The molecule has 1 aliphatic rings. The first kappa shape index (κ1) is 19.3. The quantitative estimate of drug-likeness (QED) is 0.801. The third kappa shape index (κ3) is 5.49. The monoisotopic (exact) mass is 342 g/mol. The molecule has 2 N–H and O–H groups in total. The van der Waals surface area contributed by atoms with E-state index in [9.17, 15) is 4.79 Å². The molecule has 0 aromatic heterocycles. The molecule has 0 radical (unpaired) electrons. The highest BCUT2D eigenvalue weighted by Gasteiger charge is 2.27. The maximum Gasteiger partial charge on any atom is 0.252 e. The second-order valence-corrected chi connectivity index (χ2v) is 8.02. The largest absolute Gasteiger partial charge is 0.351 e. The van der Waals surface area contributed by atoms with E-state index in [0.29, 0.717) is 5.25 Å². The van der Waals surface area contributed by atoms with E-state index in [1.165, 1.54) is 0 Å². The van der Waals surface area contributed by atoms with Crippen molar-refractivity contribution in [3.8, 4) is 0 Å². The fourth-order valence-corrected chi connectivity index (χ4v) is 3.56. The number of benzene rings is 1. The van der Waals surface area contributed by atoms with Crippen LogP contribution in [0.25, 0.3) is 0 Å². The van der Waals surface area contributed by atoms with Gasteiger partial charge in [0.05, 0.1) is 5.56 Å². The summed E-state index contributed by atoms with van der Waals surface area (Å²) in [5, 5.41) is 6.99. The van der Waals surface area contributed by atoms with Crippen molar-refractivity contribution in [3.63, 3.8) is 0 Å². The molecule has 2 rings (SSSR count). The maximum atomic E-state index is 12.5. The summed E-state index contributed by atoms with van der Waals surface area (Å²) in [6.45, 7) is 9.42. The van der Waals surface area contributed by atoms with Crippen molar-refractivity contribution in [1.82, 2.24) is 10.6 Å². The summed E-state index contributed by atoms with van der Waals surface area (Å²) in [5.41, 5.74) is 1.02. The summed E-state index contributed by atoms with van der Waals surface area (Å²) < 4.78 is 0. The number of nitrogens with one attached hydrogen (secondary N) is 2. The van der Waals surface area contributed by atoms with Crippen molar-refractivity contribution < 1.29 is 4.79 Å². The highest BCUT2D eigenvalue weighted by Crippen LogP contribution is 2.28. The Hall–Kier alpha value is -0.710. The van der Waals surface area contributed by atoms with Gasteiger partial charge in [-0.05, 0) is 43.5 Å². The lowest BCUT2D eigenvalue weighted by Gasteiger charge is -2.34. The minimum absolute atomic E-state index is 0. The van der Waals surface area contributed by atoms with Gasteiger partial charge in [-0.3, -0.25) is 4.79 Å². The average molecular weight is 343 g/mol. The molecular formula is C17H27ClN2OS. The number of piperidine rings is 1. The van der Waals surface area contributed by atoms with Crippen LogP contribution in [0.5, 0.6) is 0 Å². The van der Waals surface area contributed by atoms with Crippen LogP contribution in [0.1, 0.15) is 44.0 Å². The molecule has 0 spiro atoms. The van der Waals surface area contributed by atoms with Gasteiger partial charge in [0, 0.05) is 16.7 Å². The van der Waals surface area contributed by atoms with Crippen LogP contribution in [0, 0.1) is 5.41 Å². The molecule has 1 heterocycles. The zero-order valence-corrected chi connectivity index (χ0v) is 15.3. The summed E-state index contributed by atoms with van der Waals surface area (Å²) >= 11 is 1.74. The first-order chi connectivity index (χ1) is 10.0. The number of rotatable bonds is 5. The van der Waals surface area contributed by atoms with Crippen LogP contribution in [-0.2, 0) is 0 Å². The lowest BCUT2D eigenvalue weighted by molar-refractivity contribution is 0.0919. The van der Waals surface area contributed by atoms with E-state index in [4.69, 9.17) is 0 Å². The minimum atomic E-state index is 0. The Labute approximate surface area is 144 Å². The standard InChI is InChI=1S/C17H26N2OS.ClH/c1-13(2)21-15-7-5-4-6-14(15)16(20)19-12-17(3)8-10-18-11-9-17;/h4-7,13,18H,8-12H2,1-3H3,(H,19,20);1H. The Bertz CT molecular complexity index is 487. The van der Waals surface area contributed by atoms with Crippen molar-refractivity contribution in [3.05, 3.63) is 29.8 Å². The van der Waals surface area contributed by atoms with Crippen LogP contribution in [-0.4, -0.2) is 30.8 Å². The smallest absolute Gasteiger partial charge is 0.252 e. The summed E-state index contributed by atoms with van der Waals surface area (Å²) in [7, 11) is 0. The molecule has 124 valence electrons. The SMILES string of the molecule is CC(C)Sc1ccccc1C(=O)NCC1(C)CCNCC1.Cl. The van der Waals surface area contributed by atoms with E-state index in [2.05, 4.69) is 31.4 Å². The predicted octanol–water partition coefficient (Wildman–Crippen LogP) is 3.73. The van der Waals surface area contributed by atoms with E-state index in [0.717, 1.165) is 42.9 Å². The summed E-state index contributed by atoms with van der Waals surface area (Å²) in [4.78, 5) is 13.6. The molecular weight excluding hydrogens is 316 g/mol. The molecule has 1 fully saturated rings. The van der Waals surface area contributed by atoms with Gasteiger partial charge in [-0.25, -0.2) is 0 Å². The molecule has 0 unspecified atom stereocenters. The molecule has 0 bridgehead atoms. The number of amides is 1. The molecule has 1 aliphatic heterocycles. The molecule has 1 amide bonds. The third-order valence-corrected chi connectivity index (χ3v) is 5.06. The fourth-order valence-electron chi connectivity index (χ4n) is 2.61. The zero-order chi connectivity index (χ0) is 15.3. The second kappa shape index (κ2) is 8.80. The van der Waals surface area contributed by atoms with Crippen LogP contribution in [0.3, 0.4) is 0 Å². The van der Waals surface area contributed by atoms with Crippen molar-refractivity contribution in [2.24, 2.45) is 5.41 Å². The number of halogens is 1. The highest BCUT2D eigenvalue weighted by atomic mass is 35.5. The summed E-state index contributed by atoms with van der Waals surface area (Å²) in [6, 6.07) is 7.89. The van der Waals surface area contributed by atoms with Crippen molar-refractivity contribution in [2.75, 3.05) is 19.6 Å².